The highest BCUT2D eigenvalue weighted by atomic mass is 32.1. The maximum absolute atomic E-state index is 5.14. The maximum atomic E-state index is 5.14. The summed E-state index contributed by atoms with van der Waals surface area (Å²) in [5.41, 5.74) is 2.51. The van der Waals surface area contributed by atoms with Crippen LogP contribution < -0.4 is 5.32 Å². The molecule has 2 rings (SSSR count). The predicted octanol–water partition coefficient (Wildman–Crippen LogP) is 3.43. The van der Waals surface area contributed by atoms with Crippen LogP contribution in [0.3, 0.4) is 0 Å². The topological polar surface area (TPSA) is 25.2 Å². The Kier molecular flexibility index (Phi) is 3.59. The molecule has 2 aromatic heterocycles. The SMILES string of the molecule is CCCNC(c1ccoc1)c1ccsc1. The third kappa shape index (κ3) is 2.49. The lowest BCUT2D eigenvalue weighted by Gasteiger charge is -2.15. The van der Waals surface area contributed by atoms with E-state index in [-0.39, 0.29) is 6.04 Å². The van der Waals surface area contributed by atoms with Gasteiger partial charge in [-0.1, -0.05) is 6.92 Å². The van der Waals surface area contributed by atoms with E-state index in [0.717, 1.165) is 13.0 Å². The van der Waals surface area contributed by atoms with Gasteiger partial charge in [0.25, 0.3) is 0 Å². The van der Waals surface area contributed by atoms with Crippen LogP contribution in [-0.4, -0.2) is 6.54 Å². The van der Waals surface area contributed by atoms with Gasteiger partial charge >= 0.3 is 0 Å². The Morgan fingerprint density at radius 1 is 1.40 bits per heavy atom. The molecule has 1 atom stereocenters. The summed E-state index contributed by atoms with van der Waals surface area (Å²) >= 11 is 1.73. The van der Waals surface area contributed by atoms with E-state index in [1.807, 2.05) is 12.3 Å². The van der Waals surface area contributed by atoms with Gasteiger partial charge in [-0.25, -0.2) is 0 Å². The third-order valence-electron chi connectivity index (χ3n) is 2.35. The summed E-state index contributed by atoms with van der Waals surface area (Å²) < 4.78 is 5.14. The van der Waals surface area contributed by atoms with E-state index >= 15 is 0 Å². The molecule has 0 saturated heterocycles. The Balaban J connectivity index is 2.17. The summed E-state index contributed by atoms with van der Waals surface area (Å²) in [5, 5.41) is 7.81. The smallest absolute Gasteiger partial charge is 0.0953 e. The van der Waals surface area contributed by atoms with Gasteiger partial charge < -0.3 is 9.73 Å². The highest BCUT2D eigenvalue weighted by Gasteiger charge is 2.14. The van der Waals surface area contributed by atoms with Gasteiger partial charge in [0.05, 0.1) is 18.6 Å². The fraction of sp³-hybridized carbons (Fsp3) is 0.333. The Bertz CT molecular complexity index is 332. The number of thiophene rings is 1. The van der Waals surface area contributed by atoms with Crippen LogP contribution in [0.1, 0.15) is 30.5 Å². The summed E-state index contributed by atoms with van der Waals surface area (Å²) in [6.45, 7) is 3.19. The molecule has 0 saturated carbocycles. The quantitative estimate of drug-likeness (QED) is 0.836. The van der Waals surface area contributed by atoms with Gasteiger partial charge in [-0.2, -0.15) is 11.3 Å². The minimum atomic E-state index is 0.273. The second-order valence-corrected chi connectivity index (χ2v) is 4.28. The molecule has 1 unspecified atom stereocenters. The van der Waals surface area contributed by atoms with Crippen molar-refractivity contribution in [3.8, 4) is 0 Å². The second kappa shape index (κ2) is 5.14. The van der Waals surface area contributed by atoms with Gasteiger partial charge in [-0.15, -0.1) is 0 Å². The Labute approximate surface area is 93.9 Å². The lowest BCUT2D eigenvalue weighted by molar-refractivity contribution is 0.548. The van der Waals surface area contributed by atoms with E-state index in [9.17, 15) is 0 Å². The molecule has 0 fully saturated rings. The molecular weight excluding hydrogens is 206 g/mol. The first-order valence-electron chi connectivity index (χ1n) is 5.19. The first-order chi connectivity index (χ1) is 7.42. The summed E-state index contributed by atoms with van der Waals surface area (Å²) in [5.74, 6) is 0. The van der Waals surface area contributed by atoms with E-state index in [1.54, 1.807) is 17.6 Å². The van der Waals surface area contributed by atoms with Crippen LogP contribution in [0.15, 0.2) is 39.8 Å². The van der Waals surface area contributed by atoms with Crippen LogP contribution in [0.5, 0.6) is 0 Å². The van der Waals surface area contributed by atoms with Gasteiger partial charge in [-0.3, -0.25) is 0 Å². The molecule has 0 spiro atoms. The first-order valence-corrected chi connectivity index (χ1v) is 6.13. The van der Waals surface area contributed by atoms with Gasteiger partial charge in [0.1, 0.15) is 0 Å². The molecule has 2 nitrogen and oxygen atoms in total. The number of hydrogen-bond donors (Lipinski definition) is 1. The largest absolute Gasteiger partial charge is 0.472 e. The van der Waals surface area contributed by atoms with Crippen LogP contribution in [0.2, 0.25) is 0 Å². The molecule has 0 aliphatic rings. The minimum absolute atomic E-state index is 0.273. The number of furan rings is 1. The summed E-state index contributed by atoms with van der Waals surface area (Å²) in [7, 11) is 0. The highest BCUT2D eigenvalue weighted by molar-refractivity contribution is 7.08. The lowest BCUT2D eigenvalue weighted by atomic mass is 10.0. The Hall–Kier alpha value is -1.06. The molecule has 80 valence electrons. The molecule has 15 heavy (non-hydrogen) atoms. The van der Waals surface area contributed by atoms with Crippen molar-refractivity contribution in [2.45, 2.75) is 19.4 Å². The van der Waals surface area contributed by atoms with Crippen LogP contribution >= 0.6 is 11.3 Å². The first kappa shape index (κ1) is 10.5. The normalized spacial score (nSPS) is 12.9. The molecule has 0 amide bonds. The van der Waals surface area contributed by atoms with Crippen molar-refractivity contribution in [2.24, 2.45) is 0 Å². The van der Waals surface area contributed by atoms with E-state index < -0.39 is 0 Å². The summed E-state index contributed by atoms with van der Waals surface area (Å²) in [4.78, 5) is 0. The van der Waals surface area contributed by atoms with Crippen molar-refractivity contribution in [1.29, 1.82) is 0 Å². The Morgan fingerprint density at radius 2 is 2.33 bits per heavy atom. The van der Waals surface area contributed by atoms with Crippen LogP contribution in [0, 0.1) is 0 Å². The van der Waals surface area contributed by atoms with Crippen molar-refractivity contribution in [3.63, 3.8) is 0 Å². The van der Waals surface area contributed by atoms with Gasteiger partial charge in [0, 0.05) is 5.56 Å². The second-order valence-electron chi connectivity index (χ2n) is 3.50. The maximum Gasteiger partial charge on any atom is 0.0953 e. The van der Waals surface area contributed by atoms with E-state index in [4.69, 9.17) is 4.42 Å². The van der Waals surface area contributed by atoms with Gasteiger partial charge in [0.2, 0.25) is 0 Å². The molecule has 2 heterocycles. The summed E-state index contributed by atoms with van der Waals surface area (Å²) in [6, 6.07) is 4.45. The lowest BCUT2D eigenvalue weighted by Crippen LogP contribution is -2.22. The molecular formula is C12H15NOS. The molecule has 0 aromatic carbocycles. The fourth-order valence-corrected chi connectivity index (χ4v) is 2.28. The van der Waals surface area contributed by atoms with Crippen molar-refractivity contribution in [1.82, 2.24) is 5.32 Å². The number of rotatable bonds is 5. The fourth-order valence-electron chi connectivity index (χ4n) is 1.60. The average molecular weight is 221 g/mol. The van der Waals surface area contributed by atoms with Crippen LogP contribution in [0.25, 0.3) is 0 Å². The molecule has 1 N–H and O–H groups in total. The molecule has 3 heteroatoms. The van der Waals surface area contributed by atoms with Gasteiger partial charge in [-0.05, 0) is 41.4 Å². The van der Waals surface area contributed by atoms with Crippen LogP contribution in [-0.2, 0) is 0 Å². The van der Waals surface area contributed by atoms with Gasteiger partial charge in [0.15, 0.2) is 0 Å². The zero-order valence-corrected chi connectivity index (χ0v) is 9.59. The monoisotopic (exact) mass is 221 g/mol. The highest BCUT2D eigenvalue weighted by Crippen LogP contribution is 2.24. The zero-order valence-electron chi connectivity index (χ0n) is 8.77. The summed E-state index contributed by atoms with van der Waals surface area (Å²) in [6.07, 6.45) is 4.67. The third-order valence-corrected chi connectivity index (χ3v) is 3.05. The standard InChI is InChI=1S/C12H15NOS/c1-2-5-13-12(10-3-6-14-8-10)11-4-7-15-9-11/h3-4,6-9,12-13H,2,5H2,1H3. The molecule has 0 aliphatic heterocycles. The Morgan fingerprint density at radius 3 is 2.93 bits per heavy atom. The average Bonchev–Trinajstić information content (AvgIpc) is 2.90. The molecule has 0 aliphatic carbocycles. The van der Waals surface area contributed by atoms with E-state index in [1.165, 1.54) is 11.1 Å². The van der Waals surface area contributed by atoms with Crippen molar-refractivity contribution in [2.75, 3.05) is 6.54 Å². The van der Waals surface area contributed by atoms with Crippen LogP contribution in [0.4, 0.5) is 0 Å². The van der Waals surface area contributed by atoms with E-state index in [0.29, 0.717) is 0 Å². The van der Waals surface area contributed by atoms with Crippen molar-refractivity contribution in [3.05, 3.63) is 46.5 Å². The zero-order chi connectivity index (χ0) is 10.5. The van der Waals surface area contributed by atoms with Crippen molar-refractivity contribution >= 4 is 11.3 Å². The molecule has 0 radical (unpaired) electrons. The molecule has 2 aromatic rings. The molecule has 0 bridgehead atoms. The van der Waals surface area contributed by atoms with E-state index in [2.05, 4.69) is 29.1 Å². The minimum Gasteiger partial charge on any atom is -0.472 e. The number of nitrogens with one attached hydrogen (secondary N) is 1. The van der Waals surface area contributed by atoms with Crippen molar-refractivity contribution < 1.29 is 4.42 Å². The predicted molar refractivity (Wildman–Crippen MR) is 63.2 cm³/mol. The number of hydrogen-bond acceptors (Lipinski definition) is 3.